The first-order valence-electron chi connectivity index (χ1n) is 5.88. The molecule has 0 radical (unpaired) electrons. The van der Waals surface area contributed by atoms with Crippen LogP contribution in [0.1, 0.15) is 22.8 Å². The lowest BCUT2D eigenvalue weighted by atomic mass is 9.98. The highest BCUT2D eigenvalue weighted by atomic mass is 19.1. The molecule has 0 amide bonds. The van der Waals surface area contributed by atoms with Crippen molar-refractivity contribution in [1.29, 1.82) is 5.26 Å². The Balaban J connectivity index is 2.50. The number of hydrogen-bond acceptors (Lipinski definition) is 3. The molecular weight excluding hydrogens is 283 g/mol. The maximum Gasteiger partial charge on any atom is 0.133 e. The number of aliphatic hydroxyl groups is 1. The third-order valence-corrected chi connectivity index (χ3v) is 2.98. The van der Waals surface area contributed by atoms with Crippen molar-refractivity contribution in [1.82, 2.24) is 0 Å². The third-order valence-electron chi connectivity index (χ3n) is 2.98. The van der Waals surface area contributed by atoms with E-state index in [0.717, 1.165) is 18.2 Å². The average molecular weight is 293 g/mol. The molecule has 0 saturated carbocycles. The fraction of sp³-hybridized carbons (Fsp3) is 0.133. The quantitative estimate of drug-likeness (QED) is 0.946. The zero-order valence-corrected chi connectivity index (χ0v) is 10.9. The Kier molecular flexibility index (Phi) is 4.15. The van der Waals surface area contributed by atoms with E-state index in [9.17, 15) is 18.3 Å². The van der Waals surface area contributed by atoms with Gasteiger partial charge in [-0.05, 0) is 24.3 Å². The molecule has 0 aliphatic rings. The topological polar surface area (TPSA) is 53.2 Å². The molecule has 0 aromatic heterocycles. The van der Waals surface area contributed by atoms with Gasteiger partial charge in [-0.25, -0.2) is 13.2 Å². The van der Waals surface area contributed by atoms with Crippen LogP contribution in [0.2, 0.25) is 0 Å². The van der Waals surface area contributed by atoms with Crippen LogP contribution in [0.4, 0.5) is 13.2 Å². The van der Waals surface area contributed by atoms with Gasteiger partial charge in [0.2, 0.25) is 0 Å². The molecule has 0 fully saturated rings. The predicted molar refractivity (Wildman–Crippen MR) is 68.1 cm³/mol. The Bertz CT molecular complexity index is 702. The van der Waals surface area contributed by atoms with Gasteiger partial charge >= 0.3 is 0 Å². The van der Waals surface area contributed by atoms with Gasteiger partial charge in [0, 0.05) is 11.6 Å². The van der Waals surface area contributed by atoms with E-state index < -0.39 is 29.1 Å². The van der Waals surface area contributed by atoms with Crippen LogP contribution in [0.15, 0.2) is 30.3 Å². The van der Waals surface area contributed by atoms with Crippen LogP contribution in [0, 0.1) is 28.8 Å². The lowest BCUT2D eigenvalue weighted by molar-refractivity contribution is 0.204. The second kappa shape index (κ2) is 5.85. The molecule has 108 valence electrons. The lowest BCUT2D eigenvalue weighted by Crippen LogP contribution is -2.08. The number of rotatable bonds is 3. The lowest BCUT2D eigenvalue weighted by Gasteiger charge is -2.15. The number of hydrogen-bond donors (Lipinski definition) is 1. The Morgan fingerprint density at radius 3 is 2.19 bits per heavy atom. The second-order valence-electron chi connectivity index (χ2n) is 4.26. The van der Waals surface area contributed by atoms with E-state index in [1.165, 1.54) is 19.2 Å². The third kappa shape index (κ3) is 2.83. The van der Waals surface area contributed by atoms with Crippen LogP contribution in [0.25, 0.3) is 0 Å². The van der Waals surface area contributed by atoms with Crippen molar-refractivity contribution in [3.63, 3.8) is 0 Å². The molecule has 0 saturated heterocycles. The van der Waals surface area contributed by atoms with E-state index in [1.54, 1.807) is 6.07 Å². The van der Waals surface area contributed by atoms with E-state index in [-0.39, 0.29) is 16.9 Å². The molecule has 2 rings (SSSR count). The number of halogens is 3. The number of nitrogens with zero attached hydrogens (tertiary/aromatic N) is 1. The summed E-state index contributed by atoms with van der Waals surface area (Å²) < 4.78 is 46.3. The molecular formula is C15H10F3NO2. The maximum atomic E-state index is 13.8. The van der Waals surface area contributed by atoms with Crippen LogP contribution in [-0.2, 0) is 0 Å². The first-order chi connectivity index (χ1) is 9.97. The summed E-state index contributed by atoms with van der Waals surface area (Å²) in [6.07, 6.45) is -1.83. The van der Waals surface area contributed by atoms with Crippen LogP contribution in [0.5, 0.6) is 5.75 Å². The summed E-state index contributed by atoms with van der Waals surface area (Å²) in [4.78, 5) is 0. The van der Waals surface area contributed by atoms with E-state index >= 15 is 0 Å². The van der Waals surface area contributed by atoms with Gasteiger partial charge in [-0.15, -0.1) is 0 Å². The zero-order chi connectivity index (χ0) is 15.6. The van der Waals surface area contributed by atoms with E-state index in [1.807, 2.05) is 0 Å². The van der Waals surface area contributed by atoms with Crippen molar-refractivity contribution in [2.24, 2.45) is 0 Å². The monoisotopic (exact) mass is 293 g/mol. The molecule has 2 aromatic rings. The highest BCUT2D eigenvalue weighted by Gasteiger charge is 2.23. The highest BCUT2D eigenvalue weighted by molar-refractivity contribution is 5.40. The SMILES string of the molecule is COc1ccc(C(O)c2c(F)cc(C#N)cc2F)c(F)c1. The Labute approximate surface area is 118 Å². The van der Waals surface area contributed by atoms with Gasteiger partial charge in [0.15, 0.2) is 0 Å². The van der Waals surface area contributed by atoms with Gasteiger partial charge < -0.3 is 9.84 Å². The molecule has 0 aliphatic carbocycles. The van der Waals surface area contributed by atoms with Crippen LogP contribution in [-0.4, -0.2) is 12.2 Å². The largest absolute Gasteiger partial charge is 0.497 e. The van der Waals surface area contributed by atoms with Crippen molar-refractivity contribution in [3.05, 3.63) is 64.5 Å². The Morgan fingerprint density at radius 1 is 1.10 bits per heavy atom. The molecule has 1 unspecified atom stereocenters. The first-order valence-corrected chi connectivity index (χ1v) is 5.88. The van der Waals surface area contributed by atoms with Gasteiger partial charge in [-0.3, -0.25) is 0 Å². The van der Waals surface area contributed by atoms with Crippen molar-refractivity contribution in [3.8, 4) is 11.8 Å². The van der Waals surface area contributed by atoms with Crippen LogP contribution < -0.4 is 4.74 Å². The summed E-state index contributed by atoms with van der Waals surface area (Å²) in [6.45, 7) is 0. The van der Waals surface area contributed by atoms with Crippen molar-refractivity contribution in [2.75, 3.05) is 7.11 Å². The Hall–Kier alpha value is -2.52. The fourth-order valence-electron chi connectivity index (χ4n) is 1.92. The number of methoxy groups -OCH3 is 1. The number of benzene rings is 2. The minimum atomic E-state index is -1.83. The molecule has 1 atom stereocenters. The minimum absolute atomic E-state index is 0.212. The molecule has 0 aliphatic heterocycles. The van der Waals surface area contributed by atoms with Crippen LogP contribution >= 0.6 is 0 Å². The second-order valence-corrected chi connectivity index (χ2v) is 4.26. The molecule has 0 bridgehead atoms. The normalized spacial score (nSPS) is 11.8. The molecule has 1 N–H and O–H groups in total. The first kappa shape index (κ1) is 14.9. The number of nitriles is 1. The summed E-state index contributed by atoms with van der Waals surface area (Å²) in [5.74, 6) is -2.88. The predicted octanol–water partition coefficient (Wildman–Crippen LogP) is 3.07. The average Bonchev–Trinajstić information content (AvgIpc) is 2.45. The van der Waals surface area contributed by atoms with Crippen molar-refractivity contribution < 1.29 is 23.0 Å². The molecule has 3 nitrogen and oxygen atoms in total. The zero-order valence-electron chi connectivity index (χ0n) is 10.9. The molecule has 0 spiro atoms. The maximum absolute atomic E-state index is 13.8. The summed E-state index contributed by atoms with van der Waals surface area (Å²) in [5, 5.41) is 18.6. The number of aliphatic hydroxyl groups excluding tert-OH is 1. The summed E-state index contributed by atoms with van der Waals surface area (Å²) in [6, 6.07) is 6.69. The standard InChI is InChI=1S/C15H10F3NO2/c1-21-9-2-3-10(11(16)6-9)15(20)14-12(17)4-8(7-19)5-13(14)18/h2-6,15,20H,1H3. The highest BCUT2D eigenvalue weighted by Crippen LogP contribution is 2.30. The van der Waals surface area contributed by atoms with E-state index in [2.05, 4.69) is 0 Å². The van der Waals surface area contributed by atoms with Crippen LogP contribution in [0.3, 0.4) is 0 Å². The molecule has 2 aromatic carbocycles. The molecule has 21 heavy (non-hydrogen) atoms. The van der Waals surface area contributed by atoms with E-state index in [0.29, 0.717) is 0 Å². The summed E-state index contributed by atoms with van der Waals surface area (Å²) in [5.41, 5.74) is -1.23. The van der Waals surface area contributed by atoms with Crippen molar-refractivity contribution in [2.45, 2.75) is 6.10 Å². The molecule has 6 heteroatoms. The number of ether oxygens (including phenoxy) is 1. The minimum Gasteiger partial charge on any atom is -0.497 e. The van der Waals surface area contributed by atoms with Gasteiger partial charge in [-0.2, -0.15) is 5.26 Å². The van der Waals surface area contributed by atoms with Crippen molar-refractivity contribution >= 4 is 0 Å². The van der Waals surface area contributed by atoms with Gasteiger partial charge in [0.25, 0.3) is 0 Å². The Morgan fingerprint density at radius 2 is 1.71 bits per heavy atom. The molecule has 0 heterocycles. The smallest absolute Gasteiger partial charge is 0.133 e. The van der Waals surface area contributed by atoms with E-state index in [4.69, 9.17) is 10.00 Å². The summed E-state index contributed by atoms with van der Waals surface area (Å²) in [7, 11) is 1.34. The summed E-state index contributed by atoms with van der Waals surface area (Å²) >= 11 is 0. The van der Waals surface area contributed by atoms with Gasteiger partial charge in [0.1, 0.15) is 29.3 Å². The fourth-order valence-corrected chi connectivity index (χ4v) is 1.92. The van der Waals surface area contributed by atoms with Gasteiger partial charge in [-0.1, -0.05) is 0 Å². The van der Waals surface area contributed by atoms with Gasteiger partial charge in [0.05, 0.1) is 24.3 Å².